The first kappa shape index (κ1) is 12.2. The van der Waals surface area contributed by atoms with Crippen LogP contribution in [0.25, 0.3) is 11.5 Å². The van der Waals surface area contributed by atoms with E-state index in [1.54, 1.807) is 6.92 Å². The van der Waals surface area contributed by atoms with Crippen molar-refractivity contribution in [2.45, 2.75) is 25.8 Å². The second-order valence-corrected chi connectivity index (χ2v) is 4.90. The molecular weight excluding hydrogens is 252 g/mol. The third-order valence-corrected chi connectivity index (χ3v) is 3.35. The molecule has 1 fully saturated rings. The largest absolute Gasteiger partial charge is 0.334 e. The van der Waals surface area contributed by atoms with Gasteiger partial charge in [0.2, 0.25) is 0 Å². The van der Waals surface area contributed by atoms with Crippen LogP contribution in [0.3, 0.4) is 0 Å². The summed E-state index contributed by atoms with van der Waals surface area (Å²) in [6.07, 6.45) is 2.10. The Morgan fingerprint density at radius 1 is 1.32 bits per heavy atom. The number of aryl methyl sites for hydroxylation is 1. The van der Waals surface area contributed by atoms with E-state index < -0.39 is 11.6 Å². The second kappa shape index (κ2) is 4.38. The van der Waals surface area contributed by atoms with Gasteiger partial charge in [-0.25, -0.2) is 8.78 Å². The third-order valence-electron chi connectivity index (χ3n) is 3.35. The maximum absolute atomic E-state index is 13.7. The Labute approximate surface area is 108 Å². The van der Waals surface area contributed by atoms with Gasteiger partial charge in [0.25, 0.3) is 5.89 Å². The Morgan fingerprint density at radius 2 is 2.05 bits per heavy atom. The van der Waals surface area contributed by atoms with Crippen LogP contribution in [-0.2, 0) is 0 Å². The highest BCUT2D eigenvalue weighted by Crippen LogP contribution is 2.38. The minimum Gasteiger partial charge on any atom is -0.334 e. The lowest BCUT2D eigenvalue weighted by molar-refractivity contribution is 0.409. The fraction of sp³-hybridized carbons (Fsp3) is 0.385. The maximum atomic E-state index is 13.7. The van der Waals surface area contributed by atoms with E-state index in [0.29, 0.717) is 17.3 Å². The molecule has 2 N–H and O–H groups in total. The van der Waals surface area contributed by atoms with Crippen LogP contribution in [0, 0.1) is 24.5 Å². The number of rotatable bonds is 3. The smallest absolute Gasteiger partial charge is 0.260 e. The number of nitrogens with zero attached hydrogens (tertiary/aromatic N) is 2. The van der Waals surface area contributed by atoms with Crippen LogP contribution in [0.4, 0.5) is 8.78 Å². The highest BCUT2D eigenvalue weighted by molar-refractivity contribution is 5.55. The van der Waals surface area contributed by atoms with Gasteiger partial charge in [-0.2, -0.15) is 4.98 Å². The molecule has 1 aromatic carbocycles. The molecule has 1 atom stereocenters. The molecule has 1 aliphatic rings. The van der Waals surface area contributed by atoms with Gasteiger partial charge < -0.3 is 10.3 Å². The van der Waals surface area contributed by atoms with E-state index in [0.717, 1.165) is 18.9 Å². The molecule has 0 spiro atoms. The molecule has 0 amide bonds. The van der Waals surface area contributed by atoms with Crippen LogP contribution in [0.2, 0.25) is 0 Å². The molecule has 0 saturated heterocycles. The maximum Gasteiger partial charge on any atom is 0.260 e. The van der Waals surface area contributed by atoms with Crippen LogP contribution in [-0.4, -0.2) is 10.1 Å². The first-order chi connectivity index (χ1) is 9.06. The average molecular weight is 265 g/mol. The molecule has 19 heavy (non-hydrogen) atoms. The van der Waals surface area contributed by atoms with Crippen molar-refractivity contribution in [1.82, 2.24) is 10.1 Å². The first-order valence-electron chi connectivity index (χ1n) is 6.11. The molecule has 1 aromatic heterocycles. The number of aromatic nitrogens is 2. The number of hydrogen-bond acceptors (Lipinski definition) is 4. The van der Waals surface area contributed by atoms with Crippen LogP contribution in [0.1, 0.15) is 30.3 Å². The Balaban J connectivity index is 1.96. The SMILES string of the molecule is Cc1cc(-c2nc(C(N)C3CC3)no2)c(F)cc1F. The van der Waals surface area contributed by atoms with Crippen molar-refractivity contribution in [3.05, 3.63) is 35.2 Å². The van der Waals surface area contributed by atoms with Gasteiger partial charge in [0.1, 0.15) is 11.6 Å². The van der Waals surface area contributed by atoms with Crippen molar-refractivity contribution in [1.29, 1.82) is 0 Å². The van der Waals surface area contributed by atoms with Gasteiger partial charge >= 0.3 is 0 Å². The van der Waals surface area contributed by atoms with Crippen LogP contribution >= 0.6 is 0 Å². The summed E-state index contributed by atoms with van der Waals surface area (Å²) in [5, 5.41) is 3.78. The van der Waals surface area contributed by atoms with Crippen molar-refractivity contribution in [2.24, 2.45) is 11.7 Å². The Morgan fingerprint density at radius 3 is 2.74 bits per heavy atom. The number of benzene rings is 1. The van der Waals surface area contributed by atoms with Gasteiger partial charge in [-0.15, -0.1) is 0 Å². The van der Waals surface area contributed by atoms with Gasteiger partial charge in [-0.3, -0.25) is 0 Å². The summed E-state index contributed by atoms with van der Waals surface area (Å²) in [4.78, 5) is 4.11. The lowest BCUT2D eigenvalue weighted by atomic mass is 10.1. The summed E-state index contributed by atoms with van der Waals surface area (Å²) in [7, 11) is 0. The molecule has 1 aliphatic carbocycles. The molecule has 1 unspecified atom stereocenters. The summed E-state index contributed by atoms with van der Waals surface area (Å²) in [5.74, 6) is -0.537. The van der Waals surface area contributed by atoms with Gasteiger partial charge in [0.15, 0.2) is 5.82 Å². The van der Waals surface area contributed by atoms with Crippen LogP contribution < -0.4 is 5.73 Å². The molecule has 0 radical (unpaired) electrons. The standard InChI is InChI=1S/C13H13F2N3O/c1-6-4-8(10(15)5-9(6)14)13-17-12(18-19-13)11(16)7-2-3-7/h4-5,7,11H,2-3,16H2,1H3. The average Bonchev–Trinajstić information content (AvgIpc) is 3.11. The predicted molar refractivity (Wildman–Crippen MR) is 64.0 cm³/mol. The topological polar surface area (TPSA) is 64.9 Å². The summed E-state index contributed by atoms with van der Waals surface area (Å²) in [5.41, 5.74) is 6.36. The van der Waals surface area contributed by atoms with E-state index in [2.05, 4.69) is 10.1 Å². The monoisotopic (exact) mass is 265 g/mol. The normalized spacial score (nSPS) is 16.6. The van der Waals surface area contributed by atoms with E-state index >= 15 is 0 Å². The molecule has 100 valence electrons. The highest BCUT2D eigenvalue weighted by Gasteiger charge is 2.33. The number of nitrogens with two attached hydrogens (primary N) is 1. The van der Waals surface area contributed by atoms with Crippen molar-refractivity contribution >= 4 is 0 Å². The fourth-order valence-corrected chi connectivity index (χ4v) is 1.97. The molecule has 0 bridgehead atoms. The lowest BCUT2D eigenvalue weighted by Crippen LogP contribution is -2.13. The quantitative estimate of drug-likeness (QED) is 0.926. The van der Waals surface area contributed by atoms with E-state index in [-0.39, 0.29) is 17.5 Å². The predicted octanol–water partition coefficient (Wildman–Crippen LogP) is 2.73. The molecule has 2 aromatic rings. The minimum absolute atomic E-state index is 0.0340. The van der Waals surface area contributed by atoms with Gasteiger partial charge in [-0.05, 0) is 37.3 Å². The lowest BCUT2D eigenvalue weighted by Gasteiger charge is -2.02. The number of halogens is 2. The summed E-state index contributed by atoms with van der Waals surface area (Å²) in [6, 6.07) is 1.89. The van der Waals surface area contributed by atoms with Gasteiger partial charge in [0.05, 0.1) is 11.6 Å². The Hall–Kier alpha value is -1.82. The van der Waals surface area contributed by atoms with E-state index in [1.165, 1.54) is 6.07 Å². The van der Waals surface area contributed by atoms with Crippen molar-refractivity contribution in [3.63, 3.8) is 0 Å². The zero-order valence-corrected chi connectivity index (χ0v) is 10.4. The van der Waals surface area contributed by atoms with Crippen molar-refractivity contribution < 1.29 is 13.3 Å². The summed E-state index contributed by atoms with van der Waals surface area (Å²) < 4.78 is 31.9. The third kappa shape index (κ3) is 2.23. The Kier molecular flexibility index (Phi) is 2.82. The molecule has 6 heteroatoms. The van der Waals surface area contributed by atoms with Crippen LogP contribution in [0.15, 0.2) is 16.7 Å². The second-order valence-electron chi connectivity index (χ2n) is 4.90. The van der Waals surface area contributed by atoms with E-state index in [9.17, 15) is 8.78 Å². The summed E-state index contributed by atoms with van der Waals surface area (Å²) >= 11 is 0. The van der Waals surface area contributed by atoms with Gasteiger partial charge in [-0.1, -0.05) is 5.16 Å². The first-order valence-corrected chi connectivity index (χ1v) is 6.11. The fourth-order valence-electron chi connectivity index (χ4n) is 1.97. The highest BCUT2D eigenvalue weighted by atomic mass is 19.1. The molecule has 3 rings (SSSR count). The number of hydrogen-bond donors (Lipinski definition) is 1. The zero-order valence-electron chi connectivity index (χ0n) is 10.4. The molecular formula is C13H13F2N3O. The molecule has 1 saturated carbocycles. The van der Waals surface area contributed by atoms with E-state index in [4.69, 9.17) is 10.3 Å². The molecule has 0 aliphatic heterocycles. The van der Waals surface area contributed by atoms with Crippen LogP contribution in [0.5, 0.6) is 0 Å². The Bertz CT molecular complexity index is 622. The van der Waals surface area contributed by atoms with Crippen molar-refractivity contribution in [3.8, 4) is 11.5 Å². The zero-order chi connectivity index (χ0) is 13.6. The summed E-state index contributed by atoms with van der Waals surface area (Å²) in [6.45, 7) is 1.55. The van der Waals surface area contributed by atoms with E-state index in [1.807, 2.05) is 0 Å². The van der Waals surface area contributed by atoms with Crippen molar-refractivity contribution in [2.75, 3.05) is 0 Å². The minimum atomic E-state index is -0.724. The molecule has 4 nitrogen and oxygen atoms in total. The van der Waals surface area contributed by atoms with Gasteiger partial charge in [0, 0.05) is 6.07 Å². The molecule has 1 heterocycles.